The zero-order valence-corrected chi connectivity index (χ0v) is 18.9. The van der Waals surface area contributed by atoms with E-state index in [9.17, 15) is 9.90 Å². The molecule has 0 bridgehead atoms. The van der Waals surface area contributed by atoms with Crippen molar-refractivity contribution < 1.29 is 24.1 Å². The molecule has 2 atom stereocenters. The molecule has 8 nitrogen and oxygen atoms in total. The monoisotopic (exact) mass is 449 g/mol. The van der Waals surface area contributed by atoms with E-state index in [4.69, 9.17) is 14.2 Å². The fourth-order valence-corrected chi connectivity index (χ4v) is 3.36. The van der Waals surface area contributed by atoms with Gasteiger partial charge in [-0.15, -0.1) is 0 Å². The van der Waals surface area contributed by atoms with Crippen LogP contribution in [0.2, 0.25) is 0 Å². The Hall–Kier alpha value is -3.65. The summed E-state index contributed by atoms with van der Waals surface area (Å²) in [6, 6.07) is 12.7. The number of ketones is 1. The van der Waals surface area contributed by atoms with Crippen molar-refractivity contribution in [1.29, 1.82) is 0 Å². The lowest BCUT2D eigenvalue weighted by molar-refractivity contribution is 0.0983. The molecule has 2 aromatic heterocycles. The summed E-state index contributed by atoms with van der Waals surface area (Å²) < 4.78 is 17.6. The summed E-state index contributed by atoms with van der Waals surface area (Å²) in [5, 5.41) is 9.40. The third-order valence-electron chi connectivity index (χ3n) is 5.09. The lowest BCUT2D eigenvalue weighted by atomic mass is 10.1. The highest BCUT2D eigenvalue weighted by Crippen LogP contribution is 2.33. The average molecular weight is 450 g/mol. The molecule has 0 fully saturated rings. The second kappa shape index (κ2) is 9.87. The molecule has 0 aliphatic carbocycles. The molecule has 1 aromatic carbocycles. The molecule has 4 rings (SSSR count). The predicted octanol–water partition coefficient (Wildman–Crippen LogP) is 4.39. The molecule has 0 saturated heterocycles. The molecule has 0 saturated carbocycles. The van der Waals surface area contributed by atoms with Gasteiger partial charge in [0.05, 0.1) is 19.3 Å². The van der Waals surface area contributed by atoms with E-state index in [1.165, 1.54) is 6.20 Å². The molecular weight excluding hydrogens is 422 g/mol. The van der Waals surface area contributed by atoms with Gasteiger partial charge < -0.3 is 24.3 Å². The van der Waals surface area contributed by atoms with E-state index in [2.05, 4.69) is 15.0 Å². The number of rotatable bonds is 9. The van der Waals surface area contributed by atoms with E-state index in [1.54, 1.807) is 32.0 Å². The summed E-state index contributed by atoms with van der Waals surface area (Å²) in [5.41, 5.74) is 2.87. The number of nitrogens with zero attached hydrogens (tertiary/aromatic N) is 2. The Morgan fingerprint density at radius 3 is 2.64 bits per heavy atom. The standard InChI is InChI=1S/C25H27N3O5/c1-4-24(30)22-6-5-18(13-26-22)33-20-10-17(9-19(11-20)31-16(3)14-29)21-7-8-23(28-21)25-27-12-15(2)32-25/h5-11,13,15-16,28-29H,4,12,14H2,1-3H3/t15-,16-/m0/s1. The van der Waals surface area contributed by atoms with Crippen LogP contribution in [-0.2, 0) is 4.74 Å². The molecular formula is C25H27N3O5. The van der Waals surface area contributed by atoms with Gasteiger partial charge in [-0.1, -0.05) is 6.92 Å². The first-order valence-electron chi connectivity index (χ1n) is 11.0. The van der Waals surface area contributed by atoms with Crippen LogP contribution in [0.4, 0.5) is 0 Å². The Bertz CT molecular complexity index is 1150. The molecule has 172 valence electrons. The predicted molar refractivity (Wildman–Crippen MR) is 124 cm³/mol. The normalized spacial score (nSPS) is 16.1. The SMILES string of the molecule is CCC(=O)c1ccc(Oc2cc(O[C@@H](C)CO)cc(-c3ccc(C4=NC[C@H](C)O4)[nH]3)c2)cn1. The lowest BCUT2D eigenvalue weighted by Gasteiger charge is -2.15. The number of hydrogen-bond acceptors (Lipinski definition) is 7. The number of carbonyl (C=O) groups excluding carboxylic acids is 1. The summed E-state index contributed by atoms with van der Waals surface area (Å²) in [6.07, 6.45) is 1.61. The lowest BCUT2D eigenvalue weighted by Crippen LogP contribution is -2.16. The van der Waals surface area contributed by atoms with Gasteiger partial charge in [0.2, 0.25) is 5.90 Å². The van der Waals surface area contributed by atoms with Crippen molar-refractivity contribution in [2.24, 2.45) is 4.99 Å². The highest BCUT2D eigenvalue weighted by atomic mass is 16.5. The van der Waals surface area contributed by atoms with Crippen LogP contribution in [0.5, 0.6) is 17.2 Å². The summed E-state index contributed by atoms with van der Waals surface area (Å²) >= 11 is 0. The average Bonchev–Trinajstić information content (AvgIpc) is 3.48. The minimum atomic E-state index is -0.379. The van der Waals surface area contributed by atoms with E-state index >= 15 is 0 Å². The summed E-state index contributed by atoms with van der Waals surface area (Å²) in [7, 11) is 0. The number of aromatic nitrogens is 2. The zero-order chi connectivity index (χ0) is 23.4. The van der Waals surface area contributed by atoms with E-state index in [-0.39, 0.29) is 24.6 Å². The second-order valence-corrected chi connectivity index (χ2v) is 7.92. The molecule has 1 aliphatic rings. The number of nitrogens with one attached hydrogen (secondary N) is 1. The van der Waals surface area contributed by atoms with Gasteiger partial charge in [-0.2, -0.15) is 0 Å². The fourth-order valence-electron chi connectivity index (χ4n) is 3.36. The number of Topliss-reactive ketones (excluding diaryl/α,β-unsaturated/α-hetero) is 1. The molecule has 8 heteroatoms. The number of aliphatic imine (C=N–C) groups is 1. The maximum atomic E-state index is 11.8. The van der Waals surface area contributed by atoms with Crippen molar-refractivity contribution in [1.82, 2.24) is 9.97 Å². The first-order chi connectivity index (χ1) is 15.9. The third kappa shape index (κ3) is 5.40. The minimum Gasteiger partial charge on any atom is -0.488 e. The number of benzene rings is 1. The highest BCUT2D eigenvalue weighted by molar-refractivity contribution is 5.94. The Balaban J connectivity index is 1.62. The van der Waals surface area contributed by atoms with Crippen LogP contribution in [0, 0.1) is 0 Å². The van der Waals surface area contributed by atoms with Crippen molar-refractivity contribution in [3.8, 4) is 28.5 Å². The topological polar surface area (TPSA) is 106 Å². The van der Waals surface area contributed by atoms with Crippen molar-refractivity contribution in [3.05, 3.63) is 60.0 Å². The number of ether oxygens (including phenoxy) is 3. The summed E-state index contributed by atoms with van der Waals surface area (Å²) in [4.78, 5) is 23.8. The van der Waals surface area contributed by atoms with Gasteiger partial charge in [-0.3, -0.25) is 4.79 Å². The van der Waals surface area contributed by atoms with Crippen molar-refractivity contribution in [3.63, 3.8) is 0 Å². The Labute approximate surface area is 192 Å². The number of aliphatic hydroxyl groups is 1. The van der Waals surface area contributed by atoms with Crippen LogP contribution < -0.4 is 9.47 Å². The zero-order valence-electron chi connectivity index (χ0n) is 18.9. The van der Waals surface area contributed by atoms with Crippen LogP contribution in [-0.4, -0.2) is 52.1 Å². The fraction of sp³-hybridized carbons (Fsp3) is 0.320. The Morgan fingerprint density at radius 2 is 1.97 bits per heavy atom. The summed E-state index contributed by atoms with van der Waals surface area (Å²) in [5.74, 6) is 2.15. The van der Waals surface area contributed by atoms with Crippen LogP contribution in [0.15, 0.2) is 53.7 Å². The number of aromatic amines is 1. The highest BCUT2D eigenvalue weighted by Gasteiger charge is 2.19. The quantitative estimate of drug-likeness (QED) is 0.470. The van der Waals surface area contributed by atoms with Gasteiger partial charge in [0.25, 0.3) is 0 Å². The van der Waals surface area contributed by atoms with E-state index < -0.39 is 0 Å². The van der Waals surface area contributed by atoms with E-state index in [1.807, 2.05) is 31.2 Å². The molecule has 3 aromatic rings. The summed E-state index contributed by atoms with van der Waals surface area (Å²) in [6.45, 7) is 6.09. The number of H-pyrrole nitrogens is 1. The number of pyridine rings is 1. The van der Waals surface area contributed by atoms with E-state index in [0.717, 1.165) is 17.0 Å². The van der Waals surface area contributed by atoms with Gasteiger partial charge in [-0.05, 0) is 50.2 Å². The number of aliphatic hydroxyl groups excluding tert-OH is 1. The van der Waals surface area contributed by atoms with Crippen LogP contribution in [0.1, 0.15) is 43.4 Å². The van der Waals surface area contributed by atoms with Gasteiger partial charge >= 0.3 is 0 Å². The van der Waals surface area contributed by atoms with Crippen molar-refractivity contribution >= 4 is 11.7 Å². The molecule has 3 heterocycles. The molecule has 0 radical (unpaired) electrons. The van der Waals surface area contributed by atoms with Crippen LogP contribution in [0.25, 0.3) is 11.3 Å². The molecule has 0 spiro atoms. The van der Waals surface area contributed by atoms with Crippen molar-refractivity contribution in [2.45, 2.75) is 39.4 Å². The number of carbonyl (C=O) groups is 1. The Morgan fingerprint density at radius 1 is 1.18 bits per heavy atom. The third-order valence-corrected chi connectivity index (χ3v) is 5.09. The molecule has 2 N–H and O–H groups in total. The molecule has 1 aliphatic heterocycles. The van der Waals surface area contributed by atoms with Gasteiger partial charge in [0.1, 0.15) is 40.8 Å². The van der Waals surface area contributed by atoms with E-state index in [0.29, 0.717) is 41.8 Å². The molecule has 0 amide bonds. The largest absolute Gasteiger partial charge is 0.488 e. The maximum absolute atomic E-state index is 11.8. The van der Waals surface area contributed by atoms with Gasteiger partial charge in [-0.25, -0.2) is 9.98 Å². The second-order valence-electron chi connectivity index (χ2n) is 7.92. The minimum absolute atomic E-state index is 0.0231. The van der Waals surface area contributed by atoms with Crippen LogP contribution in [0.3, 0.4) is 0 Å². The van der Waals surface area contributed by atoms with Crippen molar-refractivity contribution in [2.75, 3.05) is 13.2 Å². The molecule has 0 unspecified atom stereocenters. The van der Waals surface area contributed by atoms with Crippen LogP contribution >= 0.6 is 0 Å². The van der Waals surface area contributed by atoms with Gasteiger partial charge in [0, 0.05) is 23.7 Å². The number of hydrogen-bond donors (Lipinski definition) is 2. The first kappa shape index (κ1) is 22.5. The maximum Gasteiger partial charge on any atom is 0.233 e. The van der Waals surface area contributed by atoms with Gasteiger partial charge in [0.15, 0.2) is 5.78 Å². The Kier molecular flexibility index (Phi) is 6.74. The molecule has 33 heavy (non-hydrogen) atoms. The first-order valence-corrected chi connectivity index (χ1v) is 11.0. The smallest absolute Gasteiger partial charge is 0.233 e.